The van der Waals surface area contributed by atoms with Gasteiger partial charge in [-0.05, 0) is 65.4 Å². The van der Waals surface area contributed by atoms with Gasteiger partial charge in [-0.25, -0.2) is 15.0 Å². The number of allylic oxidation sites excluding steroid dienone is 8. The molecule has 0 amide bonds. The summed E-state index contributed by atoms with van der Waals surface area (Å²) in [5.41, 5.74) is 13.1. The summed E-state index contributed by atoms with van der Waals surface area (Å²) in [5.74, 6) is 2.41. The van der Waals surface area contributed by atoms with E-state index in [1.807, 2.05) is 18.2 Å². The third-order valence-corrected chi connectivity index (χ3v) is 12.5. The van der Waals surface area contributed by atoms with Crippen LogP contribution < -0.4 is 0 Å². The largest absolute Gasteiger partial charge is 0.455 e. The molecule has 2 unspecified atom stereocenters. The zero-order valence-corrected chi connectivity index (χ0v) is 33.9. The average molecular weight is 797 g/mol. The molecular formula is C57H40N4O. The number of aromatic nitrogens is 4. The van der Waals surface area contributed by atoms with Crippen LogP contribution in [0.1, 0.15) is 41.9 Å². The normalized spacial score (nSPS) is 16.2. The fourth-order valence-corrected chi connectivity index (χ4v) is 9.48. The molecule has 2 aliphatic carbocycles. The molecule has 0 aliphatic heterocycles. The highest BCUT2D eigenvalue weighted by Gasteiger charge is 2.25. The minimum Gasteiger partial charge on any atom is -0.455 e. The van der Waals surface area contributed by atoms with Gasteiger partial charge in [0.25, 0.3) is 0 Å². The Hall–Kier alpha value is -7.89. The Bertz CT molecular complexity index is 3480. The van der Waals surface area contributed by atoms with Gasteiger partial charge in [0.15, 0.2) is 11.6 Å². The van der Waals surface area contributed by atoms with Gasteiger partial charge in [-0.3, -0.25) is 0 Å². The Morgan fingerprint density at radius 3 is 2.05 bits per heavy atom. The molecule has 2 atom stereocenters. The van der Waals surface area contributed by atoms with Gasteiger partial charge in [-0.2, -0.15) is 0 Å². The van der Waals surface area contributed by atoms with E-state index in [-0.39, 0.29) is 11.8 Å². The Morgan fingerprint density at radius 2 is 1.18 bits per heavy atom. The molecule has 62 heavy (non-hydrogen) atoms. The van der Waals surface area contributed by atoms with E-state index in [0.29, 0.717) is 5.82 Å². The summed E-state index contributed by atoms with van der Waals surface area (Å²) in [5, 5.41) is 4.72. The van der Waals surface area contributed by atoms with Crippen molar-refractivity contribution in [2.75, 3.05) is 0 Å². The summed E-state index contributed by atoms with van der Waals surface area (Å²) in [4.78, 5) is 15.2. The molecule has 12 rings (SSSR count). The van der Waals surface area contributed by atoms with Gasteiger partial charge in [0, 0.05) is 55.8 Å². The van der Waals surface area contributed by atoms with E-state index in [0.717, 1.165) is 85.5 Å². The van der Waals surface area contributed by atoms with Crippen molar-refractivity contribution in [3.8, 4) is 39.3 Å². The fourth-order valence-electron chi connectivity index (χ4n) is 9.48. The second-order valence-corrected chi connectivity index (χ2v) is 16.3. The van der Waals surface area contributed by atoms with Crippen molar-refractivity contribution in [3.05, 3.63) is 224 Å². The Kier molecular flexibility index (Phi) is 8.70. The molecule has 0 saturated heterocycles. The zero-order chi connectivity index (χ0) is 41.0. The number of hydrogen-bond donors (Lipinski definition) is 0. The lowest BCUT2D eigenvalue weighted by atomic mass is 9.87. The van der Waals surface area contributed by atoms with Crippen molar-refractivity contribution in [3.63, 3.8) is 0 Å². The molecule has 7 aromatic carbocycles. The molecule has 3 heterocycles. The third-order valence-electron chi connectivity index (χ3n) is 12.5. The molecular weight excluding hydrogens is 757 g/mol. The minimum absolute atomic E-state index is 0.0744. The molecule has 0 N–H and O–H groups in total. The number of hydrogen-bond acceptors (Lipinski definition) is 4. The van der Waals surface area contributed by atoms with Crippen molar-refractivity contribution in [1.29, 1.82) is 0 Å². The molecule has 2 aliphatic rings. The van der Waals surface area contributed by atoms with Crippen LogP contribution in [0.15, 0.2) is 211 Å². The first-order valence-electron chi connectivity index (χ1n) is 21.4. The number of rotatable bonds is 7. The zero-order valence-electron chi connectivity index (χ0n) is 33.9. The van der Waals surface area contributed by atoms with Gasteiger partial charge < -0.3 is 8.98 Å². The van der Waals surface area contributed by atoms with Crippen LogP contribution in [0, 0.1) is 0 Å². The van der Waals surface area contributed by atoms with E-state index in [2.05, 4.69) is 193 Å². The van der Waals surface area contributed by atoms with E-state index in [1.54, 1.807) is 0 Å². The summed E-state index contributed by atoms with van der Waals surface area (Å²) in [6.07, 6.45) is 16.7. The van der Waals surface area contributed by atoms with Gasteiger partial charge in [0.2, 0.25) is 0 Å². The number of benzene rings is 7. The van der Waals surface area contributed by atoms with Gasteiger partial charge in [0.05, 0.1) is 11.0 Å². The van der Waals surface area contributed by atoms with Gasteiger partial charge in [-0.1, -0.05) is 176 Å². The molecule has 0 radical (unpaired) electrons. The lowest BCUT2D eigenvalue weighted by Gasteiger charge is -2.20. The highest BCUT2D eigenvalue weighted by molar-refractivity contribution is 6.12. The number of furan rings is 1. The summed E-state index contributed by atoms with van der Waals surface area (Å²) in [6.45, 7) is 0. The maximum absolute atomic E-state index is 7.03. The molecule has 0 bridgehead atoms. The Labute approximate surface area is 359 Å². The predicted molar refractivity (Wildman–Crippen MR) is 254 cm³/mol. The average Bonchev–Trinajstić information content (AvgIpc) is 3.91. The maximum atomic E-state index is 7.03. The van der Waals surface area contributed by atoms with Crippen LogP contribution in [0.5, 0.6) is 0 Å². The van der Waals surface area contributed by atoms with Crippen LogP contribution in [0.2, 0.25) is 0 Å². The Morgan fingerprint density at radius 1 is 0.484 bits per heavy atom. The van der Waals surface area contributed by atoms with E-state index in [4.69, 9.17) is 19.4 Å². The van der Waals surface area contributed by atoms with E-state index in [1.165, 1.54) is 27.4 Å². The molecule has 294 valence electrons. The van der Waals surface area contributed by atoms with E-state index >= 15 is 0 Å². The second-order valence-electron chi connectivity index (χ2n) is 16.3. The molecule has 10 aromatic rings. The number of nitrogens with zero attached hydrogens (tertiary/aromatic N) is 4. The van der Waals surface area contributed by atoms with Gasteiger partial charge in [-0.15, -0.1) is 0 Å². The van der Waals surface area contributed by atoms with Crippen molar-refractivity contribution in [1.82, 2.24) is 19.5 Å². The molecule has 0 fully saturated rings. The summed E-state index contributed by atoms with van der Waals surface area (Å²) < 4.78 is 9.40. The quantitative estimate of drug-likeness (QED) is 0.161. The van der Waals surface area contributed by atoms with Crippen LogP contribution in [-0.2, 0) is 0 Å². The van der Waals surface area contributed by atoms with Crippen LogP contribution in [0.3, 0.4) is 0 Å². The maximum Gasteiger partial charge on any atom is 0.163 e. The first kappa shape index (κ1) is 36.0. The van der Waals surface area contributed by atoms with Gasteiger partial charge >= 0.3 is 0 Å². The highest BCUT2D eigenvalue weighted by Crippen LogP contribution is 2.43. The first-order valence-corrected chi connectivity index (χ1v) is 21.4. The smallest absolute Gasteiger partial charge is 0.163 e. The molecule has 0 saturated carbocycles. The predicted octanol–water partition coefficient (Wildman–Crippen LogP) is 14.6. The third kappa shape index (κ3) is 6.21. The number of fused-ring (bicyclic) bond motifs is 6. The van der Waals surface area contributed by atoms with Crippen molar-refractivity contribution in [2.24, 2.45) is 0 Å². The topological polar surface area (TPSA) is 56.7 Å². The number of para-hydroxylation sites is 4. The lowest BCUT2D eigenvalue weighted by Crippen LogP contribution is -2.11. The van der Waals surface area contributed by atoms with Crippen LogP contribution in [0.4, 0.5) is 0 Å². The molecule has 3 aromatic heterocycles. The Balaban J connectivity index is 0.909. The van der Waals surface area contributed by atoms with Gasteiger partial charge in [0.1, 0.15) is 17.0 Å². The van der Waals surface area contributed by atoms with Crippen molar-refractivity contribution < 1.29 is 4.42 Å². The second kappa shape index (κ2) is 15.0. The molecule has 5 nitrogen and oxygen atoms in total. The van der Waals surface area contributed by atoms with Crippen LogP contribution in [0.25, 0.3) is 88.6 Å². The standard InChI is InChI=1S/C57H40N4O/c1-4-16-37(17-5-1)55-58-56(38-18-6-2-7-19-38)60-57(59-55)43-23-13-22-42(35-43)46-28-15-30-50-49-29-14-27-45(53(49)62-54(46)50)41-21-12-20-39(34-41)40-32-33-48-47-26-10-11-31-51(47)61(52(48)36-40)44-24-8-3-9-25-44/h1-18,20-34,36,38,42H,19,35H2. The summed E-state index contributed by atoms with van der Waals surface area (Å²) in [7, 11) is 0. The minimum atomic E-state index is 0.0744. The summed E-state index contributed by atoms with van der Waals surface area (Å²) in [6, 6.07) is 58.3. The van der Waals surface area contributed by atoms with Crippen LogP contribution in [-0.4, -0.2) is 19.5 Å². The van der Waals surface area contributed by atoms with Crippen LogP contribution >= 0.6 is 0 Å². The SMILES string of the molecule is C1=CCC(c2nc(C3=CC=CC(c4cccc5c4oc4c(-c6cccc(-c7ccc8c9ccccc9n(-c9ccccc9)c8c7)c6)cccc45)C3)nc(-c3ccccc3)n2)C=C1. The van der Waals surface area contributed by atoms with Crippen molar-refractivity contribution in [2.45, 2.75) is 24.7 Å². The molecule has 0 spiro atoms. The van der Waals surface area contributed by atoms with E-state index in [9.17, 15) is 0 Å². The highest BCUT2D eigenvalue weighted by atomic mass is 16.3. The summed E-state index contributed by atoms with van der Waals surface area (Å²) >= 11 is 0. The lowest BCUT2D eigenvalue weighted by molar-refractivity contribution is 0.658. The monoisotopic (exact) mass is 796 g/mol. The fraction of sp³-hybridized carbons (Fsp3) is 0.0702. The van der Waals surface area contributed by atoms with Crippen molar-refractivity contribution >= 4 is 49.3 Å². The molecule has 5 heteroatoms. The van der Waals surface area contributed by atoms with E-state index < -0.39 is 0 Å². The first-order chi connectivity index (χ1) is 30.7.